The molecule has 1 amide bonds. The number of carbonyl (C=O) groups excluding carboxylic acids is 1. The van der Waals surface area contributed by atoms with Gasteiger partial charge in [-0.25, -0.2) is 0 Å². The van der Waals surface area contributed by atoms with Crippen LogP contribution in [-0.2, 0) is 11.3 Å². The molecule has 1 aliphatic rings. The van der Waals surface area contributed by atoms with Gasteiger partial charge in [0.1, 0.15) is 11.5 Å². The Morgan fingerprint density at radius 3 is 2.41 bits per heavy atom. The van der Waals surface area contributed by atoms with Crippen LogP contribution in [0.1, 0.15) is 19.4 Å². The molecule has 2 heterocycles. The molecule has 1 fully saturated rings. The molecule has 2 aromatic carbocycles. The first-order chi connectivity index (χ1) is 15.1. The van der Waals surface area contributed by atoms with Crippen molar-refractivity contribution >= 4 is 22.5 Å². The monoisotopic (exact) mass is 445 g/mol. The van der Waals surface area contributed by atoms with Crippen molar-refractivity contribution in [1.82, 2.24) is 9.88 Å². The molecule has 0 atom stereocenters. The van der Waals surface area contributed by atoms with Crippen LogP contribution >= 0.6 is 0 Å². The number of anilines is 1. The zero-order valence-electron chi connectivity index (χ0n) is 17.8. The van der Waals surface area contributed by atoms with Crippen LogP contribution in [-0.4, -0.2) is 41.5 Å². The predicted octanol–water partition coefficient (Wildman–Crippen LogP) is 4.73. The Morgan fingerprint density at radius 2 is 1.75 bits per heavy atom. The van der Waals surface area contributed by atoms with Gasteiger partial charge in [0.05, 0.1) is 24.8 Å². The Hall–Kier alpha value is -3.33. The van der Waals surface area contributed by atoms with Gasteiger partial charge in [0.15, 0.2) is 0 Å². The smallest absolute Gasteiger partial charge is 0.497 e. The maximum atomic E-state index is 13.1. The summed E-state index contributed by atoms with van der Waals surface area (Å²) in [7, 11) is 1.60. The van der Waals surface area contributed by atoms with Gasteiger partial charge in [-0.3, -0.25) is 19.6 Å². The van der Waals surface area contributed by atoms with Gasteiger partial charge < -0.3 is 9.47 Å². The molecule has 0 unspecified atom stereocenters. The third-order valence-corrected chi connectivity index (χ3v) is 5.65. The number of pyridine rings is 1. The lowest BCUT2D eigenvalue weighted by Gasteiger charge is -2.28. The van der Waals surface area contributed by atoms with E-state index in [2.05, 4.69) is 9.72 Å². The number of hydrogen-bond donors (Lipinski definition) is 0. The summed E-state index contributed by atoms with van der Waals surface area (Å²) in [6.45, 7) is 4.47. The number of fused-ring (bicyclic) bond motifs is 1. The van der Waals surface area contributed by atoms with Crippen molar-refractivity contribution in [3.63, 3.8) is 0 Å². The highest BCUT2D eigenvalue weighted by atomic mass is 19.4. The molecule has 4 rings (SSSR count). The van der Waals surface area contributed by atoms with Crippen molar-refractivity contribution in [2.24, 2.45) is 0 Å². The number of hydrogen-bond acceptors (Lipinski definition) is 5. The molecule has 9 heteroatoms. The highest BCUT2D eigenvalue weighted by Crippen LogP contribution is 2.34. The minimum atomic E-state index is -4.76. The Kier molecular flexibility index (Phi) is 5.46. The average molecular weight is 445 g/mol. The van der Waals surface area contributed by atoms with E-state index in [1.54, 1.807) is 18.2 Å². The first-order valence-electron chi connectivity index (χ1n) is 9.93. The van der Waals surface area contributed by atoms with Gasteiger partial charge in [-0.15, -0.1) is 13.2 Å². The van der Waals surface area contributed by atoms with Gasteiger partial charge in [0, 0.05) is 29.9 Å². The fourth-order valence-electron chi connectivity index (χ4n) is 3.81. The fraction of sp³-hybridized carbons (Fsp3) is 0.304. The first kappa shape index (κ1) is 21.9. The van der Waals surface area contributed by atoms with Crippen LogP contribution in [0.2, 0.25) is 0 Å². The second kappa shape index (κ2) is 7.98. The molecular weight excluding hydrogens is 423 g/mol. The van der Waals surface area contributed by atoms with Gasteiger partial charge in [0.2, 0.25) is 5.91 Å². The summed E-state index contributed by atoms with van der Waals surface area (Å²) in [6, 6.07) is 12.9. The molecule has 1 aromatic heterocycles. The van der Waals surface area contributed by atoms with Crippen LogP contribution < -0.4 is 14.4 Å². The number of nitrogens with zero attached hydrogens (tertiary/aromatic N) is 3. The summed E-state index contributed by atoms with van der Waals surface area (Å²) < 4.78 is 46.4. The van der Waals surface area contributed by atoms with Crippen molar-refractivity contribution in [2.75, 3.05) is 18.7 Å². The molecule has 168 valence electrons. The molecule has 6 nitrogen and oxygen atoms in total. The van der Waals surface area contributed by atoms with Crippen molar-refractivity contribution in [3.8, 4) is 11.5 Å². The molecule has 3 aromatic rings. The summed E-state index contributed by atoms with van der Waals surface area (Å²) in [5, 5.41) is 0.962. The summed E-state index contributed by atoms with van der Waals surface area (Å²) in [4.78, 5) is 21.1. The maximum absolute atomic E-state index is 13.1. The van der Waals surface area contributed by atoms with Gasteiger partial charge in [-0.2, -0.15) is 0 Å². The second-order valence-corrected chi connectivity index (χ2v) is 8.03. The zero-order valence-corrected chi connectivity index (χ0v) is 17.8. The Labute approximate surface area is 183 Å². The molecule has 0 aliphatic carbocycles. The molecule has 32 heavy (non-hydrogen) atoms. The number of aromatic nitrogens is 1. The van der Waals surface area contributed by atoms with E-state index in [4.69, 9.17) is 4.74 Å². The second-order valence-electron chi connectivity index (χ2n) is 8.03. The van der Waals surface area contributed by atoms with E-state index in [-0.39, 0.29) is 11.7 Å². The van der Waals surface area contributed by atoms with Crippen LogP contribution in [0.25, 0.3) is 10.9 Å². The van der Waals surface area contributed by atoms with Gasteiger partial charge in [0.25, 0.3) is 0 Å². The standard InChI is InChI=1S/C23H22F3N3O3/c1-22(2)21(30)29(16-4-6-17(7-5-16)32-23(24,25)26)14-28(22)13-15-10-11-27-20-12-18(31-3)8-9-19(15)20/h4-12H,13-14H2,1-3H3. The van der Waals surface area contributed by atoms with E-state index in [1.807, 2.05) is 43.0 Å². The number of ether oxygens (including phenoxy) is 2. The third-order valence-electron chi connectivity index (χ3n) is 5.65. The summed E-state index contributed by atoms with van der Waals surface area (Å²) >= 11 is 0. The van der Waals surface area contributed by atoms with E-state index in [0.29, 0.717) is 24.7 Å². The average Bonchev–Trinajstić information content (AvgIpc) is 2.96. The Bertz CT molecular complexity index is 1150. The molecule has 0 N–H and O–H groups in total. The predicted molar refractivity (Wildman–Crippen MR) is 113 cm³/mol. The SMILES string of the molecule is COc1ccc2c(CN3CN(c4ccc(OC(F)(F)F)cc4)C(=O)C3(C)C)ccnc2c1. The van der Waals surface area contributed by atoms with E-state index in [1.165, 1.54) is 24.3 Å². The molecule has 0 radical (unpaired) electrons. The van der Waals surface area contributed by atoms with E-state index in [0.717, 1.165) is 16.5 Å². The number of methoxy groups -OCH3 is 1. The Balaban J connectivity index is 1.58. The Morgan fingerprint density at radius 1 is 1.06 bits per heavy atom. The zero-order chi connectivity index (χ0) is 23.1. The van der Waals surface area contributed by atoms with Gasteiger partial charge in [-0.05, 0) is 61.9 Å². The van der Waals surface area contributed by atoms with Crippen molar-refractivity contribution in [3.05, 3.63) is 60.3 Å². The number of alkyl halides is 3. The highest BCUT2D eigenvalue weighted by Gasteiger charge is 2.45. The number of amides is 1. The van der Waals surface area contributed by atoms with E-state index >= 15 is 0 Å². The van der Waals surface area contributed by atoms with Crippen molar-refractivity contribution < 1.29 is 27.4 Å². The number of carbonyl (C=O) groups is 1. The summed E-state index contributed by atoms with van der Waals surface area (Å²) in [5.74, 6) is 0.243. The minimum absolute atomic E-state index is 0.137. The highest BCUT2D eigenvalue weighted by molar-refractivity contribution is 6.01. The lowest BCUT2D eigenvalue weighted by molar-refractivity contribution is -0.274. The minimum Gasteiger partial charge on any atom is -0.497 e. The summed E-state index contributed by atoms with van der Waals surface area (Å²) in [6.07, 6.45) is -3.04. The van der Waals surface area contributed by atoms with Crippen LogP contribution in [0, 0.1) is 0 Å². The molecule has 0 bridgehead atoms. The molecule has 1 aliphatic heterocycles. The third kappa shape index (κ3) is 4.20. The van der Waals surface area contributed by atoms with Gasteiger partial charge >= 0.3 is 6.36 Å². The van der Waals surface area contributed by atoms with Crippen LogP contribution in [0.5, 0.6) is 11.5 Å². The topological polar surface area (TPSA) is 54.9 Å². The van der Waals surface area contributed by atoms with Crippen LogP contribution in [0.3, 0.4) is 0 Å². The number of halogens is 3. The van der Waals surface area contributed by atoms with E-state index in [9.17, 15) is 18.0 Å². The van der Waals surface area contributed by atoms with Crippen LogP contribution in [0.15, 0.2) is 54.7 Å². The molecule has 1 saturated heterocycles. The summed E-state index contributed by atoms with van der Waals surface area (Å²) in [5.41, 5.74) is 1.50. The molecular formula is C23H22F3N3O3. The maximum Gasteiger partial charge on any atom is 0.573 e. The lowest BCUT2D eigenvalue weighted by atomic mass is 10.0. The number of benzene rings is 2. The van der Waals surface area contributed by atoms with Gasteiger partial charge in [-0.1, -0.05) is 0 Å². The van der Waals surface area contributed by atoms with Crippen molar-refractivity contribution in [1.29, 1.82) is 0 Å². The lowest BCUT2D eigenvalue weighted by Crippen LogP contribution is -2.43. The normalized spacial score (nSPS) is 16.6. The van der Waals surface area contributed by atoms with E-state index < -0.39 is 11.9 Å². The molecule has 0 spiro atoms. The van der Waals surface area contributed by atoms with Crippen molar-refractivity contribution in [2.45, 2.75) is 32.3 Å². The molecule has 0 saturated carbocycles. The number of rotatable bonds is 5. The van der Waals surface area contributed by atoms with Crippen LogP contribution in [0.4, 0.5) is 18.9 Å². The largest absolute Gasteiger partial charge is 0.573 e. The quantitative estimate of drug-likeness (QED) is 0.569. The first-order valence-corrected chi connectivity index (χ1v) is 9.93. The fourth-order valence-corrected chi connectivity index (χ4v) is 3.81.